The maximum absolute atomic E-state index is 12.4. The maximum atomic E-state index is 12.4. The molecule has 1 fully saturated rings. The van der Waals surface area contributed by atoms with E-state index in [0.29, 0.717) is 12.1 Å². The van der Waals surface area contributed by atoms with Crippen LogP contribution in [0.5, 0.6) is 0 Å². The zero-order chi connectivity index (χ0) is 9.97. The van der Waals surface area contributed by atoms with Crippen LogP contribution in [0, 0.1) is 0 Å². The van der Waals surface area contributed by atoms with Crippen molar-refractivity contribution in [2.75, 3.05) is 13.2 Å². The lowest BCUT2D eigenvalue weighted by Gasteiger charge is -2.39. The molecule has 14 heavy (non-hydrogen) atoms. The van der Waals surface area contributed by atoms with Crippen LogP contribution in [0.2, 0.25) is 0 Å². The molecular formula is C11H12FNO. The first-order valence-electron chi connectivity index (χ1n) is 4.75. The van der Waals surface area contributed by atoms with Gasteiger partial charge in [-0.25, -0.2) is 4.39 Å². The highest BCUT2D eigenvalue weighted by Crippen LogP contribution is 2.20. The predicted octanol–water partition coefficient (Wildman–Crippen LogP) is 1.87. The van der Waals surface area contributed by atoms with Crippen molar-refractivity contribution in [3.63, 3.8) is 0 Å². The number of carbonyl (C=O) groups is 1. The van der Waals surface area contributed by atoms with Crippen molar-refractivity contribution in [1.82, 2.24) is 4.90 Å². The fourth-order valence-corrected chi connectivity index (χ4v) is 1.62. The Kier molecular flexibility index (Phi) is 2.48. The van der Waals surface area contributed by atoms with Gasteiger partial charge in [0, 0.05) is 12.1 Å². The SMILES string of the molecule is O=C(c1ccccc1)N1CCC1CF. The quantitative estimate of drug-likeness (QED) is 0.702. The number of benzene rings is 1. The number of amides is 1. The first-order chi connectivity index (χ1) is 6.83. The van der Waals surface area contributed by atoms with Crippen molar-refractivity contribution in [1.29, 1.82) is 0 Å². The second-order valence-corrected chi connectivity index (χ2v) is 3.46. The minimum Gasteiger partial charge on any atom is -0.333 e. The Morgan fingerprint density at radius 3 is 2.64 bits per heavy atom. The highest BCUT2D eigenvalue weighted by atomic mass is 19.1. The molecule has 1 aliphatic rings. The van der Waals surface area contributed by atoms with E-state index in [9.17, 15) is 9.18 Å². The summed E-state index contributed by atoms with van der Waals surface area (Å²) in [6.45, 7) is 0.251. The van der Waals surface area contributed by atoms with Gasteiger partial charge in [-0.3, -0.25) is 4.79 Å². The fraction of sp³-hybridized carbons (Fsp3) is 0.364. The van der Waals surface area contributed by atoms with Gasteiger partial charge in [-0.15, -0.1) is 0 Å². The molecule has 1 atom stereocenters. The van der Waals surface area contributed by atoms with E-state index in [1.807, 2.05) is 18.2 Å². The number of likely N-dealkylation sites (tertiary alicyclic amines) is 1. The summed E-state index contributed by atoms with van der Waals surface area (Å²) in [7, 11) is 0. The van der Waals surface area contributed by atoms with Gasteiger partial charge in [-0.1, -0.05) is 18.2 Å². The zero-order valence-electron chi connectivity index (χ0n) is 7.82. The van der Waals surface area contributed by atoms with E-state index < -0.39 is 6.67 Å². The van der Waals surface area contributed by atoms with Gasteiger partial charge in [-0.2, -0.15) is 0 Å². The van der Waals surface area contributed by atoms with E-state index in [4.69, 9.17) is 0 Å². The molecule has 0 spiro atoms. The first kappa shape index (κ1) is 9.19. The molecule has 0 radical (unpaired) electrons. The van der Waals surface area contributed by atoms with Gasteiger partial charge in [0.05, 0.1) is 6.04 Å². The van der Waals surface area contributed by atoms with Gasteiger partial charge < -0.3 is 4.90 Å². The molecular weight excluding hydrogens is 181 g/mol. The van der Waals surface area contributed by atoms with Gasteiger partial charge in [0.15, 0.2) is 0 Å². The van der Waals surface area contributed by atoms with Crippen LogP contribution in [0.1, 0.15) is 16.8 Å². The molecule has 2 nitrogen and oxygen atoms in total. The van der Waals surface area contributed by atoms with E-state index in [2.05, 4.69) is 0 Å². The molecule has 74 valence electrons. The lowest BCUT2D eigenvalue weighted by Crippen LogP contribution is -2.52. The van der Waals surface area contributed by atoms with Crippen LogP contribution in [0.4, 0.5) is 4.39 Å². The van der Waals surface area contributed by atoms with Crippen LogP contribution in [0.25, 0.3) is 0 Å². The van der Waals surface area contributed by atoms with Gasteiger partial charge in [-0.05, 0) is 18.6 Å². The van der Waals surface area contributed by atoms with Crippen molar-refractivity contribution in [2.45, 2.75) is 12.5 Å². The average Bonchev–Trinajstić information content (AvgIpc) is 2.18. The highest BCUT2D eigenvalue weighted by Gasteiger charge is 2.32. The first-order valence-corrected chi connectivity index (χ1v) is 4.75. The number of carbonyl (C=O) groups excluding carboxylic acids is 1. The van der Waals surface area contributed by atoms with Crippen molar-refractivity contribution in [3.05, 3.63) is 35.9 Å². The van der Waals surface area contributed by atoms with Crippen LogP contribution in [-0.2, 0) is 0 Å². The number of rotatable bonds is 2. The summed E-state index contributed by atoms with van der Waals surface area (Å²) in [6, 6.07) is 8.82. The molecule has 2 rings (SSSR count). The summed E-state index contributed by atoms with van der Waals surface area (Å²) in [5.41, 5.74) is 0.644. The Labute approximate surface area is 82.3 Å². The monoisotopic (exact) mass is 193 g/mol. The van der Waals surface area contributed by atoms with Crippen LogP contribution in [0.3, 0.4) is 0 Å². The Morgan fingerprint density at radius 1 is 1.43 bits per heavy atom. The molecule has 0 aliphatic carbocycles. The standard InChI is InChI=1S/C11H12FNO/c12-8-10-6-7-13(10)11(14)9-4-2-1-3-5-9/h1-5,10H,6-8H2. The van der Waals surface area contributed by atoms with Gasteiger partial charge in [0.2, 0.25) is 0 Å². The third-order valence-electron chi connectivity index (χ3n) is 2.60. The molecule has 1 aromatic carbocycles. The van der Waals surface area contributed by atoms with E-state index in [-0.39, 0.29) is 11.9 Å². The smallest absolute Gasteiger partial charge is 0.254 e. The fourth-order valence-electron chi connectivity index (χ4n) is 1.62. The van der Waals surface area contributed by atoms with Crippen LogP contribution in [-0.4, -0.2) is 30.1 Å². The zero-order valence-corrected chi connectivity index (χ0v) is 7.82. The molecule has 0 bridgehead atoms. The minimum atomic E-state index is -0.432. The van der Waals surface area contributed by atoms with Crippen LogP contribution in [0.15, 0.2) is 30.3 Å². The number of nitrogens with zero attached hydrogens (tertiary/aromatic N) is 1. The van der Waals surface area contributed by atoms with E-state index in [1.54, 1.807) is 17.0 Å². The molecule has 1 unspecified atom stereocenters. The molecule has 1 aromatic rings. The largest absolute Gasteiger partial charge is 0.333 e. The number of hydrogen-bond acceptors (Lipinski definition) is 1. The lowest BCUT2D eigenvalue weighted by atomic mass is 10.0. The Hall–Kier alpha value is -1.38. The summed E-state index contributed by atoms with van der Waals surface area (Å²) in [4.78, 5) is 13.3. The van der Waals surface area contributed by atoms with Crippen molar-refractivity contribution < 1.29 is 9.18 Å². The molecule has 0 N–H and O–H groups in total. The topological polar surface area (TPSA) is 20.3 Å². The Balaban J connectivity index is 2.09. The van der Waals surface area contributed by atoms with Crippen LogP contribution < -0.4 is 0 Å². The molecule has 1 amide bonds. The third-order valence-corrected chi connectivity index (χ3v) is 2.60. The summed E-state index contributed by atoms with van der Waals surface area (Å²) < 4.78 is 12.4. The molecule has 1 saturated heterocycles. The van der Waals surface area contributed by atoms with E-state index in [0.717, 1.165) is 6.42 Å². The molecule has 0 saturated carbocycles. The van der Waals surface area contributed by atoms with Gasteiger partial charge in [0.1, 0.15) is 6.67 Å². The third kappa shape index (κ3) is 1.50. The number of hydrogen-bond donors (Lipinski definition) is 0. The van der Waals surface area contributed by atoms with E-state index >= 15 is 0 Å². The molecule has 1 heterocycles. The van der Waals surface area contributed by atoms with E-state index in [1.165, 1.54) is 0 Å². The second-order valence-electron chi connectivity index (χ2n) is 3.46. The maximum Gasteiger partial charge on any atom is 0.254 e. The minimum absolute atomic E-state index is 0.0560. The molecule has 3 heteroatoms. The van der Waals surface area contributed by atoms with Crippen LogP contribution >= 0.6 is 0 Å². The van der Waals surface area contributed by atoms with Gasteiger partial charge >= 0.3 is 0 Å². The molecule has 0 aromatic heterocycles. The highest BCUT2D eigenvalue weighted by molar-refractivity contribution is 5.94. The van der Waals surface area contributed by atoms with Gasteiger partial charge in [0.25, 0.3) is 5.91 Å². The van der Waals surface area contributed by atoms with Crippen molar-refractivity contribution in [2.24, 2.45) is 0 Å². The average molecular weight is 193 g/mol. The van der Waals surface area contributed by atoms with Crippen molar-refractivity contribution in [3.8, 4) is 0 Å². The molecule has 1 aliphatic heterocycles. The summed E-state index contributed by atoms with van der Waals surface area (Å²) in [6.07, 6.45) is 0.787. The Morgan fingerprint density at radius 2 is 2.14 bits per heavy atom. The predicted molar refractivity (Wildman–Crippen MR) is 51.9 cm³/mol. The number of alkyl halides is 1. The summed E-state index contributed by atoms with van der Waals surface area (Å²) >= 11 is 0. The number of halogens is 1. The summed E-state index contributed by atoms with van der Waals surface area (Å²) in [5, 5.41) is 0. The second kappa shape index (κ2) is 3.78. The van der Waals surface area contributed by atoms with Crippen molar-refractivity contribution >= 4 is 5.91 Å². The lowest BCUT2D eigenvalue weighted by molar-refractivity contribution is 0.0402. The Bertz CT molecular complexity index is 323. The normalized spacial score (nSPS) is 20.4. The summed E-state index contributed by atoms with van der Waals surface area (Å²) in [5.74, 6) is -0.0560.